The van der Waals surface area contributed by atoms with Crippen molar-refractivity contribution in [3.63, 3.8) is 0 Å². The van der Waals surface area contributed by atoms with Crippen molar-refractivity contribution in [3.8, 4) is 5.75 Å². The lowest BCUT2D eigenvalue weighted by Gasteiger charge is -2.19. The predicted octanol–water partition coefficient (Wildman–Crippen LogP) is 3.13. The highest BCUT2D eigenvalue weighted by molar-refractivity contribution is 5.78. The van der Waals surface area contributed by atoms with Crippen LogP contribution in [0.3, 0.4) is 0 Å². The zero-order valence-corrected chi connectivity index (χ0v) is 12.8. The van der Waals surface area contributed by atoms with Crippen LogP contribution >= 0.6 is 0 Å². The van der Waals surface area contributed by atoms with Crippen LogP contribution in [0.4, 0.5) is 0 Å². The Kier molecular flexibility index (Phi) is 3.14. The molecule has 4 nitrogen and oxygen atoms in total. The van der Waals surface area contributed by atoms with Gasteiger partial charge in [-0.15, -0.1) is 0 Å². The highest BCUT2D eigenvalue weighted by Gasteiger charge is 2.41. The molecule has 3 atom stereocenters. The number of nitrogens with one attached hydrogen (secondary N) is 1. The normalized spacial score (nSPS) is 28.2. The van der Waals surface area contributed by atoms with Gasteiger partial charge in [0.25, 0.3) is 0 Å². The average molecular weight is 285 g/mol. The van der Waals surface area contributed by atoms with Crippen molar-refractivity contribution in [2.75, 3.05) is 13.7 Å². The summed E-state index contributed by atoms with van der Waals surface area (Å²) < 4.78 is 7.70. The van der Waals surface area contributed by atoms with Crippen molar-refractivity contribution >= 4 is 11.0 Å². The minimum Gasteiger partial charge on any atom is -0.497 e. The fourth-order valence-corrected chi connectivity index (χ4v) is 4.30. The third kappa shape index (κ3) is 1.96. The van der Waals surface area contributed by atoms with Crippen molar-refractivity contribution < 1.29 is 4.74 Å². The molecule has 0 radical (unpaired) electrons. The van der Waals surface area contributed by atoms with E-state index < -0.39 is 0 Å². The average Bonchev–Trinajstić information content (AvgIpc) is 3.19. The molecule has 1 aliphatic carbocycles. The first-order chi connectivity index (χ1) is 10.3. The molecule has 1 saturated heterocycles. The summed E-state index contributed by atoms with van der Waals surface area (Å²) in [4.78, 5) is 4.96. The molecule has 0 amide bonds. The molecule has 1 saturated carbocycles. The summed E-state index contributed by atoms with van der Waals surface area (Å²) in [5.74, 6) is 3.73. The maximum atomic E-state index is 5.34. The highest BCUT2D eigenvalue weighted by Crippen LogP contribution is 2.44. The molecule has 21 heavy (non-hydrogen) atoms. The number of rotatable bonds is 3. The molecule has 4 heteroatoms. The van der Waals surface area contributed by atoms with Gasteiger partial charge in [0.15, 0.2) is 0 Å². The van der Waals surface area contributed by atoms with E-state index in [-0.39, 0.29) is 0 Å². The van der Waals surface area contributed by atoms with Crippen LogP contribution in [0.1, 0.15) is 38.1 Å². The molecule has 0 bridgehead atoms. The van der Waals surface area contributed by atoms with Crippen molar-refractivity contribution in [1.29, 1.82) is 0 Å². The second-order valence-electron chi connectivity index (χ2n) is 6.31. The summed E-state index contributed by atoms with van der Waals surface area (Å²) in [6.45, 7) is 4.33. The standard InChI is InChI=1S/C17H23N3O/c1-3-20-15-8-7-12(21-2)9-14(15)19-17(20)16-13-6-4-5-11(13)10-18-16/h7-9,11,13,16,18H,3-6,10H2,1-2H3. The van der Waals surface area contributed by atoms with Crippen LogP contribution in [-0.2, 0) is 6.54 Å². The minimum atomic E-state index is 0.427. The molecule has 4 rings (SSSR count). The third-order valence-electron chi connectivity index (χ3n) is 5.33. The molecule has 3 unspecified atom stereocenters. The Morgan fingerprint density at radius 1 is 1.38 bits per heavy atom. The molecular weight excluding hydrogens is 262 g/mol. The Morgan fingerprint density at radius 2 is 2.29 bits per heavy atom. The lowest BCUT2D eigenvalue weighted by molar-refractivity contribution is 0.399. The van der Waals surface area contributed by atoms with E-state index >= 15 is 0 Å². The van der Waals surface area contributed by atoms with E-state index in [0.29, 0.717) is 6.04 Å². The van der Waals surface area contributed by atoms with E-state index in [0.717, 1.165) is 36.2 Å². The van der Waals surface area contributed by atoms with Crippen molar-refractivity contribution in [2.45, 2.75) is 38.8 Å². The second-order valence-corrected chi connectivity index (χ2v) is 6.31. The molecule has 1 aromatic heterocycles. The molecule has 2 aromatic rings. The van der Waals surface area contributed by atoms with Gasteiger partial charge in [0.2, 0.25) is 0 Å². The number of imidazole rings is 1. The lowest BCUT2D eigenvalue weighted by Crippen LogP contribution is -2.22. The first-order valence-electron chi connectivity index (χ1n) is 8.09. The molecule has 1 aliphatic heterocycles. The number of aryl methyl sites for hydroxylation is 1. The van der Waals surface area contributed by atoms with Gasteiger partial charge in [0, 0.05) is 12.6 Å². The van der Waals surface area contributed by atoms with Crippen LogP contribution in [0, 0.1) is 11.8 Å². The number of methoxy groups -OCH3 is 1. The number of hydrogen-bond donors (Lipinski definition) is 1. The van der Waals surface area contributed by atoms with Gasteiger partial charge in [0.1, 0.15) is 11.6 Å². The largest absolute Gasteiger partial charge is 0.497 e. The van der Waals surface area contributed by atoms with Gasteiger partial charge >= 0.3 is 0 Å². The molecule has 2 fully saturated rings. The molecule has 1 N–H and O–H groups in total. The number of ether oxygens (including phenoxy) is 1. The number of benzene rings is 1. The Hall–Kier alpha value is -1.55. The smallest absolute Gasteiger partial charge is 0.127 e. The van der Waals surface area contributed by atoms with Crippen LogP contribution < -0.4 is 10.1 Å². The van der Waals surface area contributed by atoms with Gasteiger partial charge in [-0.2, -0.15) is 0 Å². The molecule has 2 heterocycles. The van der Waals surface area contributed by atoms with E-state index in [1.807, 2.05) is 12.1 Å². The number of aromatic nitrogens is 2. The van der Waals surface area contributed by atoms with E-state index in [1.165, 1.54) is 30.6 Å². The van der Waals surface area contributed by atoms with E-state index in [4.69, 9.17) is 9.72 Å². The number of nitrogens with zero attached hydrogens (tertiary/aromatic N) is 2. The maximum absolute atomic E-state index is 5.34. The van der Waals surface area contributed by atoms with Crippen LogP contribution in [0.25, 0.3) is 11.0 Å². The summed E-state index contributed by atoms with van der Waals surface area (Å²) >= 11 is 0. The maximum Gasteiger partial charge on any atom is 0.127 e. The van der Waals surface area contributed by atoms with Gasteiger partial charge in [-0.25, -0.2) is 4.98 Å². The zero-order valence-electron chi connectivity index (χ0n) is 12.8. The molecule has 2 aliphatic rings. The van der Waals surface area contributed by atoms with Gasteiger partial charge in [-0.1, -0.05) is 6.42 Å². The third-order valence-corrected chi connectivity index (χ3v) is 5.33. The summed E-state index contributed by atoms with van der Waals surface area (Å²) in [7, 11) is 1.71. The van der Waals surface area contributed by atoms with E-state index in [9.17, 15) is 0 Å². The van der Waals surface area contributed by atoms with E-state index in [1.54, 1.807) is 7.11 Å². The van der Waals surface area contributed by atoms with Gasteiger partial charge in [0.05, 0.1) is 24.2 Å². The highest BCUT2D eigenvalue weighted by atomic mass is 16.5. The van der Waals surface area contributed by atoms with E-state index in [2.05, 4.69) is 22.9 Å². The Balaban J connectivity index is 1.80. The Bertz CT molecular complexity index is 663. The fraction of sp³-hybridized carbons (Fsp3) is 0.588. The molecular formula is C17H23N3O. The number of fused-ring (bicyclic) bond motifs is 2. The zero-order chi connectivity index (χ0) is 14.4. The first-order valence-corrected chi connectivity index (χ1v) is 8.09. The summed E-state index contributed by atoms with van der Waals surface area (Å²) in [5, 5.41) is 3.72. The number of hydrogen-bond acceptors (Lipinski definition) is 3. The topological polar surface area (TPSA) is 39.1 Å². The SMILES string of the molecule is CCn1c(C2NCC3CCCC32)nc2cc(OC)ccc21. The molecule has 1 aromatic carbocycles. The Morgan fingerprint density at radius 3 is 3.10 bits per heavy atom. The van der Waals surface area contributed by atoms with Crippen LogP contribution in [-0.4, -0.2) is 23.2 Å². The van der Waals surface area contributed by atoms with Crippen molar-refractivity contribution in [1.82, 2.24) is 14.9 Å². The van der Waals surface area contributed by atoms with Crippen LogP contribution in [0.2, 0.25) is 0 Å². The van der Waals surface area contributed by atoms with Gasteiger partial charge in [-0.05, 0) is 50.3 Å². The first kappa shape index (κ1) is 13.1. The quantitative estimate of drug-likeness (QED) is 0.941. The minimum absolute atomic E-state index is 0.427. The fourth-order valence-electron chi connectivity index (χ4n) is 4.30. The molecule has 112 valence electrons. The van der Waals surface area contributed by atoms with Crippen molar-refractivity contribution in [3.05, 3.63) is 24.0 Å². The summed E-state index contributed by atoms with van der Waals surface area (Å²) in [6.07, 6.45) is 4.11. The summed E-state index contributed by atoms with van der Waals surface area (Å²) in [5.41, 5.74) is 2.27. The van der Waals surface area contributed by atoms with Crippen molar-refractivity contribution in [2.24, 2.45) is 11.8 Å². The van der Waals surface area contributed by atoms with Gasteiger partial charge in [-0.3, -0.25) is 0 Å². The monoisotopic (exact) mass is 285 g/mol. The lowest BCUT2D eigenvalue weighted by atomic mass is 9.93. The Labute approximate surface area is 125 Å². The second kappa shape index (κ2) is 5.02. The van der Waals surface area contributed by atoms with Crippen LogP contribution in [0.15, 0.2) is 18.2 Å². The molecule has 0 spiro atoms. The van der Waals surface area contributed by atoms with Gasteiger partial charge < -0.3 is 14.6 Å². The van der Waals surface area contributed by atoms with Crippen LogP contribution in [0.5, 0.6) is 5.75 Å². The summed E-state index contributed by atoms with van der Waals surface area (Å²) in [6, 6.07) is 6.64. The predicted molar refractivity (Wildman–Crippen MR) is 83.5 cm³/mol.